The Bertz CT molecular complexity index is 1350. The molecule has 1 heterocycles. The highest BCUT2D eigenvalue weighted by atomic mass is 16.7. The number of aliphatic hydroxyl groups excluding tert-OH is 4. The summed E-state index contributed by atoms with van der Waals surface area (Å²) in [6.45, 7) is 19.4. The normalized spacial score (nSPS) is 25.3. The molecule has 1 fully saturated rings. The maximum atomic E-state index is 11.1. The SMILES string of the molecule is CC(C)=CCCC(C)(O)CCCC(C)(O)CCCC(C)(O)CCCC(C)(O)CCCC(C)(O)CCC/C(C)=C/CC/C(C)=C/CC/C(C)=C/CO[C@H]1O[C@H](CO)[C@@H](O)[C@H](O)[C@@H]1O. The molecule has 11 heteroatoms. The lowest BCUT2D eigenvalue weighted by Crippen LogP contribution is -2.59. The van der Waals surface area contributed by atoms with Gasteiger partial charge in [0.05, 0.1) is 41.2 Å². The molecule has 10 atom stereocenters. The Labute approximate surface area is 377 Å². The molecule has 0 aromatic rings. The Kier molecular flexibility index (Phi) is 26.9. The fourth-order valence-electron chi connectivity index (χ4n) is 8.33. The minimum Gasteiger partial charge on any atom is -0.394 e. The zero-order valence-corrected chi connectivity index (χ0v) is 40.8. The largest absolute Gasteiger partial charge is 0.394 e. The zero-order valence-electron chi connectivity index (χ0n) is 40.8. The van der Waals surface area contributed by atoms with Crippen molar-refractivity contribution in [3.05, 3.63) is 46.6 Å². The van der Waals surface area contributed by atoms with E-state index in [1.807, 2.05) is 47.6 Å². The van der Waals surface area contributed by atoms with E-state index in [0.717, 1.165) is 63.4 Å². The Morgan fingerprint density at radius 2 is 0.839 bits per heavy atom. The number of hydrogen-bond acceptors (Lipinski definition) is 11. The van der Waals surface area contributed by atoms with Crippen molar-refractivity contribution < 1.29 is 55.4 Å². The Morgan fingerprint density at radius 1 is 0.468 bits per heavy atom. The first-order valence-corrected chi connectivity index (χ1v) is 23.8. The molecule has 1 saturated heterocycles. The molecule has 1 aliphatic rings. The summed E-state index contributed by atoms with van der Waals surface area (Å²) in [7, 11) is 0. The lowest BCUT2D eigenvalue weighted by atomic mass is 9.84. The first-order chi connectivity index (χ1) is 28.7. The van der Waals surface area contributed by atoms with Crippen LogP contribution in [0.15, 0.2) is 46.6 Å². The van der Waals surface area contributed by atoms with E-state index in [-0.39, 0.29) is 6.61 Å². The highest BCUT2D eigenvalue weighted by molar-refractivity contribution is 5.06. The maximum absolute atomic E-state index is 11.1. The third kappa shape index (κ3) is 27.1. The van der Waals surface area contributed by atoms with Crippen molar-refractivity contribution in [2.45, 2.75) is 263 Å². The second-order valence-corrected chi connectivity index (χ2v) is 20.8. The van der Waals surface area contributed by atoms with Crippen LogP contribution in [0, 0.1) is 0 Å². The Balaban J connectivity index is 2.28. The van der Waals surface area contributed by atoms with Crippen LogP contribution in [-0.2, 0) is 9.47 Å². The van der Waals surface area contributed by atoms with Crippen molar-refractivity contribution in [2.75, 3.05) is 13.2 Å². The average Bonchev–Trinajstić information content (AvgIpc) is 3.13. The first-order valence-electron chi connectivity index (χ1n) is 23.8. The summed E-state index contributed by atoms with van der Waals surface area (Å²) < 4.78 is 10.9. The van der Waals surface area contributed by atoms with Crippen LogP contribution < -0.4 is 0 Å². The van der Waals surface area contributed by atoms with Crippen molar-refractivity contribution >= 4 is 0 Å². The molecule has 0 aromatic heterocycles. The van der Waals surface area contributed by atoms with E-state index in [9.17, 15) is 46.0 Å². The molecule has 1 aliphatic heterocycles. The quantitative estimate of drug-likeness (QED) is 0.0286. The molecule has 0 aromatic carbocycles. The van der Waals surface area contributed by atoms with Gasteiger partial charge in [-0.2, -0.15) is 0 Å². The molecule has 0 saturated carbocycles. The summed E-state index contributed by atoms with van der Waals surface area (Å²) >= 11 is 0. The first kappa shape index (κ1) is 58.5. The highest BCUT2D eigenvalue weighted by Crippen LogP contribution is 2.31. The summed E-state index contributed by atoms with van der Waals surface area (Å²) in [5.74, 6) is 0. The molecule has 364 valence electrons. The van der Waals surface area contributed by atoms with Crippen LogP contribution in [0.4, 0.5) is 0 Å². The van der Waals surface area contributed by atoms with Gasteiger partial charge in [-0.25, -0.2) is 0 Å². The van der Waals surface area contributed by atoms with Gasteiger partial charge in [0.25, 0.3) is 0 Å². The Hall–Kier alpha value is -1.48. The van der Waals surface area contributed by atoms with Gasteiger partial charge in [0.1, 0.15) is 24.4 Å². The monoisotopic (exact) mass is 883 g/mol. The van der Waals surface area contributed by atoms with E-state index in [0.29, 0.717) is 77.0 Å². The number of hydrogen-bond donors (Lipinski definition) is 9. The second-order valence-electron chi connectivity index (χ2n) is 20.8. The van der Waals surface area contributed by atoms with Crippen LogP contribution in [0.1, 0.15) is 204 Å². The van der Waals surface area contributed by atoms with Gasteiger partial charge in [-0.1, -0.05) is 46.6 Å². The fraction of sp³-hybridized carbons (Fsp3) is 0.843. The van der Waals surface area contributed by atoms with Gasteiger partial charge < -0.3 is 55.4 Å². The van der Waals surface area contributed by atoms with Gasteiger partial charge in [0, 0.05) is 0 Å². The van der Waals surface area contributed by atoms with E-state index >= 15 is 0 Å². The molecule has 0 bridgehead atoms. The van der Waals surface area contributed by atoms with Crippen LogP contribution in [0.3, 0.4) is 0 Å². The van der Waals surface area contributed by atoms with Gasteiger partial charge in [0.2, 0.25) is 0 Å². The maximum Gasteiger partial charge on any atom is 0.187 e. The lowest BCUT2D eigenvalue weighted by molar-refractivity contribution is -0.298. The lowest BCUT2D eigenvalue weighted by Gasteiger charge is -2.39. The van der Waals surface area contributed by atoms with Gasteiger partial charge in [-0.05, 0) is 204 Å². The van der Waals surface area contributed by atoms with Crippen LogP contribution in [-0.4, -0.2) is 118 Å². The summed E-state index contributed by atoms with van der Waals surface area (Å²) in [6.07, 6.45) is 17.7. The van der Waals surface area contributed by atoms with Crippen LogP contribution >= 0.6 is 0 Å². The minimum absolute atomic E-state index is 0.173. The van der Waals surface area contributed by atoms with Crippen molar-refractivity contribution in [3.8, 4) is 0 Å². The van der Waals surface area contributed by atoms with Crippen LogP contribution in [0.25, 0.3) is 0 Å². The molecule has 62 heavy (non-hydrogen) atoms. The smallest absolute Gasteiger partial charge is 0.187 e. The van der Waals surface area contributed by atoms with Gasteiger partial charge in [0.15, 0.2) is 6.29 Å². The molecule has 0 aliphatic carbocycles. The van der Waals surface area contributed by atoms with Gasteiger partial charge >= 0.3 is 0 Å². The second kappa shape index (κ2) is 28.5. The third-order valence-electron chi connectivity index (χ3n) is 12.8. The molecule has 5 unspecified atom stereocenters. The number of rotatable bonds is 33. The van der Waals surface area contributed by atoms with E-state index in [2.05, 4.69) is 45.9 Å². The number of ether oxygens (including phenoxy) is 2. The van der Waals surface area contributed by atoms with Crippen molar-refractivity contribution in [1.82, 2.24) is 0 Å². The molecular formula is C51H94O11. The minimum atomic E-state index is -1.45. The predicted octanol–water partition coefficient (Wildman–Crippen LogP) is 8.56. The molecule has 0 radical (unpaired) electrons. The zero-order chi connectivity index (χ0) is 47.2. The summed E-state index contributed by atoms with van der Waals surface area (Å²) in [4.78, 5) is 0. The molecule has 0 spiro atoms. The molecular weight excluding hydrogens is 789 g/mol. The molecule has 0 amide bonds. The van der Waals surface area contributed by atoms with Crippen LogP contribution in [0.5, 0.6) is 0 Å². The van der Waals surface area contributed by atoms with E-state index in [4.69, 9.17) is 9.47 Å². The topological polar surface area (TPSA) is 201 Å². The van der Waals surface area contributed by atoms with Gasteiger partial charge in [-0.3, -0.25) is 0 Å². The molecule has 1 rings (SSSR count). The van der Waals surface area contributed by atoms with Crippen molar-refractivity contribution in [1.29, 1.82) is 0 Å². The third-order valence-corrected chi connectivity index (χ3v) is 12.8. The Morgan fingerprint density at radius 3 is 1.24 bits per heavy atom. The molecule has 9 N–H and O–H groups in total. The van der Waals surface area contributed by atoms with E-state index < -0.39 is 65.3 Å². The van der Waals surface area contributed by atoms with Crippen molar-refractivity contribution in [3.63, 3.8) is 0 Å². The average molecular weight is 883 g/mol. The van der Waals surface area contributed by atoms with E-state index in [1.165, 1.54) is 16.7 Å². The van der Waals surface area contributed by atoms with Crippen LogP contribution in [0.2, 0.25) is 0 Å². The number of allylic oxidation sites excluding steroid dienone is 7. The van der Waals surface area contributed by atoms with Crippen molar-refractivity contribution in [2.24, 2.45) is 0 Å². The summed E-state index contributed by atoms with van der Waals surface area (Å²) in [6, 6.07) is 0. The number of aliphatic hydroxyl groups is 9. The van der Waals surface area contributed by atoms with E-state index in [1.54, 1.807) is 0 Å². The fourth-order valence-corrected chi connectivity index (χ4v) is 8.33. The highest BCUT2D eigenvalue weighted by Gasteiger charge is 2.44. The summed E-state index contributed by atoms with van der Waals surface area (Å²) in [5, 5.41) is 94.1. The van der Waals surface area contributed by atoms with Gasteiger partial charge in [-0.15, -0.1) is 0 Å². The molecule has 11 nitrogen and oxygen atoms in total. The predicted molar refractivity (Wildman–Crippen MR) is 250 cm³/mol. The standard InChI is InChI=1S/C51H94O11/c1-38(2)19-13-26-47(6,56)28-15-30-49(8,58)32-17-34-51(10,60)35-18-33-50(9,59)31-16-29-48(7,57)27-14-24-40(4)22-11-20-39(3)21-12-23-41(5)25-36-61-46-45(55)44(54)43(53)42(37-52)62-46/h19,21-22,25,42-46,52-60H,11-18,20,23-24,26-37H2,1-10H3/b39-21+,40-22+,41-25+/t42-,43-,44+,45+,46+,47?,48?,49?,50?,51?/m1/s1. The summed E-state index contributed by atoms with van der Waals surface area (Å²) in [5.41, 5.74) is 0.929.